The minimum Gasteiger partial charge on any atom is -0.497 e. The summed E-state index contributed by atoms with van der Waals surface area (Å²) < 4.78 is 19.0. The summed E-state index contributed by atoms with van der Waals surface area (Å²) in [4.78, 5) is 0. The van der Waals surface area contributed by atoms with Crippen LogP contribution in [-0.2, 0) is 6.42 Å². The van der Waals surface area contributed by atoms with Gasteiger partial charge >= 0.3 is 0 Å². The van der Waals surface area contributed by atoms with Gasteiger partial charge in [0.1, 0.15) is 11.6 Å². The second-order valence-corrected chi connectivity index (χ2v) is 7.66. The third-order valence-electron chi connectivity index (χ3n) is 5.34. The van der Waals surface area contributed by atoms with Crippen molar-refractivity contribution in [1.82, 2.24) is 0 Å². The smallest absolute Gasteiger partial charge is 0.123 e. The Morgan fingerprint density at radius 3 is 2.18 bits per heavy atom. The van der Waals surface area contributed by atoms with Crippen molar-refractivity contribution in [3.63, 3.8) is 0 Å². The molecular weight excluding hydrogens is 349 g/mol. The third-order valence-corrected chi connectivity index (χ3v) is 5.34. The van der Waals surface area contributed by atoms with Crippen molar-refractivity contribution in [3.8, 4) is 5.75 Å². The number of benzene rings is 2. The summed E-state index contributed by atoms with van der Waals surface area (Å²) in [6.07, 6.45) is 11.3. The second kappa shape index (κ2) is 12.4. The highest BCUT2D eigenvalue weighted by Crippen LogP contribution is 2.26. The average Bonchev–Trinajstić information content (AvgIpc) is 2.70. The fraction of sp³-hybridized carbons (Fsp3) is 0.520. The van der Waals surface area contributed by atoms with Gasteiger partial charge in [-0.15, -0.1) is 0 Å². The van der Waals surface area contributed by atoms with Crippen LogP contribution < -0.4 is 10.1 Å². The minimum atomic E-state index is -0.144. The van der Waals surface area contributed by atoms with Crippen molar-refractivity contribution in [2.45, 2.75) is 77.7 Å². The molecule has 3 heteroatoms. The Labute approximate surface area is 170 Å². The van der Waals surface area contributed by atoms with Crippen LogP contribution in [0.3, 0.4) is 0 Å². The molecule has 2 aromatic carbocycles. The molecule has 0 heterocycles. The number of unbranched alkanes of at least 4 members (excludes halogenated alkanes) is 7. The zero-order valence-electron chi connectivity index (χ0n) is 17.8. The lowest BCUT2D eigenvalue weighted by atomic mass is 9.96. The summed E-state index contributed by atoms with van der Waals surface area (Å²) in [6.45, 7) is 4.38. The second-order valence-electron chi connectivity index (χ2n) is 7.66. The Morgan fingerprint density at radius 1 is 0.893 bits per heavy atom. The molecule has 0 aliphatic heterocycles. The summed E-state index contributed by atoms with van der Waals surface area (Å²) in [5.41, 5.74) is 3.34. The highest BCUT2D eigenvalue weighted by atomic mass is 19.1. The fourth-order valence-corrected chi connectivity index (χ4v) is 3.68. The molecule has 0 amide bonds. The van der Waals surface area contributed by atoms with Crippen molar-refractivity contribution in [2.75, 3.05) is 12.4 Å². The SMILES string of the molecule is CCCCCCCCCCc1cc(F)ccc1C(C)Nc1ccc(OC)cc1. The van der Waals surface area contributed by atoms with E-state index in [-0.39, 0.29) is 11.9 Å². The Hall–Kier alpha value is -2.03. The maximum atomic E-state index is 13.8. The minimum absolute atomic E-state index is 0.123. The van der Waals surface area contributed by atoms with Gasteiger partial charge in [0.15, 0.2) is 0 Å². The van der Waals surface area contributed by atoms with Gasteiger partial charge in [0.25, 0.3) is 0 Å². The highest BCUT2D eigenvalue weighted by Gasteiger charge is 2.12. The van der Waals surface area contributed by atoms with Crippen LogP contribution in [0.4, 0.5) is 10.1 Å². The molecule has 1 N–H and O–H groups in total. The normalized spacial score (nSPS) is 12.0. The lowest BCUT2D eigenvalue weighted by Crippen LogP contribution is -2.10. The molecule has 154 valence electrons. The Bertz CT molecular complexity index is 683. The summed E-state index contributed by atoms with van der Waals surface area (Å²) >= 11 is 0. The number of ether oxygens (including phenoxy) is 1. The van der Waals surface area contributed by atoms with Crippen LogP contribution in [0.15, 0.2) is 42.5 Å². The van der Waals surface area contributed by atoms with Gasteiger partial charge in [0, 0.05) is 11.7 Å². The standard InChI is InChI=1S/C25H36FNO/c1-4-5-6-7-8-9-10-11-12-21-19-22(26)13-18-25(21)20(2)27-23-14-16-24(28-3)17-15-23/h13-20,27H,4-12H2,1-3H3. The molecule has 0 radical (unpaired) electrons. The van der Waals surface area contributed by atoms with E-state index >= 15 is 0 Å². The Balaban J connectivity index is 1.87. The number of hydrogen-bond acceptors (Lipinski definition) is 2. The molecule has 0 aromatic heterocycles. The molecule has 1 atom stereocenters. The van der Waals surface area contributed by atoms with Crippen molar-refractivity contribution in [2.24, 2.45) is 0 Å². The predicted molar refractivity (Wildman–Crippen MR) is 118 cm³/mol. The lowest BCUT2D eigenvalue weighted by molar-refractivity contribution is 0.415. The number of methoxy groups -OCH3 is 1. The van der Waals surface area contributed by atoms with Crippen molar-refractivity contribution in [3.05, 3.63) is 59.4 Å². The van der Waals surface area contributed by atoms with Crippen LogP contribution in [0.5, 0.6) is 5.75 Å². The molecule has 0 aliphatic rings. The van der Waals surface area contributed by atoms with Crippen LogP contribution in [0, 0.1) is 5.82 Å². The first kappa shape index (κ1) is 22.3. The largest absolute Gasteiger partial charge is 0.497 e. The molecular formula is C25H36FNO. The lowest BCUT2D eigenvalue weighted by Gasteiger charge is -2.20. The molecule has 28 heavy (non-hydrogen) atoms. The van der Waals surface area contributed by atoms with Crippen molar-refractivity contribution >= 4 is 5.69 Å². The highest BCUT2D eigenvalue weighted by molar-refractivity contribution is 5.49. The number of rotatable bonds is 13. The number of anilines is 1. The molecule has 1 unspecified atom stereocenters. The number of hydrogen-bond donors (Lipinski definition) is 1. The van der Waals surface area contributed by atoms with Gasteiger partial charge in [-0.25, -0.2) is 4.39 Å². The maximum Gasteiger partial charge on any atom is 0.123 e. The summed E-state index contributed by atoms with van der Waals surface area (Å²) in [6, 6.07) is 13.2. The van der Waals surface area contributed by atoms with Crippen molar-refractivity contribution in [1.29, 1.82) is 0 Å². The van der Waals surface area contributed by atoms with E-state index in [0.29, 0.717) is 0 Å². The van der Waals surface area contributed by atoms with E-state index < -0.39 is 0 Å². The predicted octanol–water partition coefficient (Wildman–Crippen LogP) is 7.69. The van der Waals surface area contributed by atoms with E-state index in [1.807, 2.05) is 30.3 Å². The van der Waals surface area contributed by atoms with Crippen LogP contribution in [0.2, 0.25) is 0 Å². The number of halogens is 1. The molecule has 0 spiro atoms. The summed E-state index contributed by atoms with van der Waals surface area (Å²) in [7, 11) is 1.67. The maximum absolute atomic E-state index is 13.8. The van der Waals surface area contributed by atoms with Crippen LogP contribution >= 0.6 is 0 Å². The van der Waals surface area contributed by atoms with Crippen LogP contribution in [0.25, 0.3) is 0 Å². The molecule has 0 aliphatic carbocycles. The molecule has 0 fully saturated rings. The van der Waals surface area contributed by atoms with E-state index in [0.717, 1.165) is 29.8 Å². The van der Waals surface area contributed by atoms with E-state index in [2.05, 4.69) is 19.2 Å². The molecule has 0 bridgehead atoms. The van der Waals surface area contributed by atoms with Crippen LogP contribution in [-0.4, -0.2) is 7.11 Å². The zero-order valence-corrected chi connectivity index (χ0v) is 17.8. The number of aryl methyl sites for hydroxylation is 1. The monoisotopic (exact) mass is 385 g/mol. The van der Waals surface area contributed by atoms with Gasteiger partial charge in [-0.05, 0) is 67.3 Å². The van der Waals surface area contributed by atoms with Crippen LogP contribution in [0.1, 0.15) is 82.4 Å². The number of nitrogens with one attached hydrogen (secondary N) is 1. The van der Waals surface area contributed by atoms with Gasteiger partial charge in [-0.1, -0.05) is 57.9 Å². The van der Waals surface area contributed by atoms with Gasteiger partial charge in [-0.2, -0.15) is 0 Å². The topological polar surface area (TPSA) is 21.3 Å². The molecule has 0 saturated heterocycles. The van der Waals surface area contributed by atoms with Gasteiger partial charge < -0.3 is 10.1 Å². The Morgan fingerprint density at radius 2 is 1.54 bits per heavy atom. The quantitative estimate of drug-likeness (QED) is 0.357. The van der Waals surface area contributed by atoms with Gasteiger partial charge in [0.2, 0.25) is 0 Å². The third kappa shape index (κ3) is 7.53. The average molecular weight is 386 g/mol. The molecule has 2 nitrogen and oxygen atoms in total. The summed E-state index contributed by atoms with van der Waals surface area (Å²) in [5.74, 6) is 0.699. The molecule has 0 saturated carbocycles. The first-order valence-electron chi connectivity index (χ1n) is 10.8. The Kier molecular flexibility index (Phi) is 9.88. The van der Waals surface area contributed by atoms with E-state index in [1.54, 1.807) is 19.2 Å². The first-order valence-corrected chi connectivity index (χ1v) is 10.8. The summed E-state index contributed by atoms with van der Waals surface area (Å²) in [5, 5.41) is 3.52. The van der Waals surface area contributed by atoms with E-state index in [4.69, 9.17) is 4.74 Å². The zero-order chi connectivity index (χ0) is 20.2. The fourth-order valence-electron chi connectivity index (χ4n) is 3.68. The molecule has 2 rings (SSSR count). The van der Waals surface area contributed by atoms with E-state index in [1.165, 1.54) is 50.5 Å². The van der Waals surface area contributed by atoms with E-state index in [9.17, 15) is 4.39 Å². The van der Waals surface area contributed by atoms with Gasteiger partial charge in [0.05, 0.1) is 7.11 Å². The first-order chi connectivity index (χ1) is 13.6. The van der Waals surface area contributed by atoms with Gasteiger partial charge in [-0.3, -0.25) is 0 Å². The molecule has 2 aromatic rings. The van der Waals surface area contributed by atoms with Crippen molar-refractivity contribution < 1.29 is 9.13 Å².